The van der Waals surface area contributed by atoms with Gasteiger partial charge in [-0.05, 0) is 18.4 Å². The van der Waals surface area contributed by atoms with Crippen LogP contribution in [0.2, 0.25) is 0 Å². The first-order valence-corrected chi connectivity index (χ1v) is 5.84. The van der Waals surface area contributed by atoms with Crippen LogP contribution in [0.4, 0.5) is 5.82 Å². The van der Waals surface area contributed by atoms with E-state index in [9.17, 15) is 0 Å². The van der Waals surface area contributed by atoms with Crippen molar-refractivity contribution in [2.24, 2.45) is 5.92 Å². The lowest BCUT2D eigenvalue weighted by atomic mass is 10.0. The van der Waals surface area contributed by atoms with Gasteiger partial charge in [-0.3, -0.25) is 0 Å². The first-order valence-electron chi connectivity index (χ1n) is 4.92. The molecule has 0 amide bonds. The van der Waals surface area contributed by atoms with Crippen molar-refractivity contribution in [1.82, 2.24) is 9.97 Å². The van der Waals surface area contributed by atoms with Gasteiger partial charge in [0.05, 0.1) is 0 Å². The van der Waals surface area contributed by atoms with Gasteiger partial charge in [0, 0.05) is 24.1 Å². The summed E-state index contributed by atoms with van der Waals surface area (Å²) in [6.45, 7) is 4.43. The van der Waals surface area contributed by atoms with Crippen LogP contribution in [0.3, 0.4) is 0 Å². The molecule has 2 atom stereocenters. The van der Waals surface area contributed by atoms with E-state index in [1.54, 1.807) is 12.5 Å². The Bertz CT molecular complexity index is 291. The van der Waals surface area contributed by atoms with Gasteiger partial charge in [-0.1, -0.05) is 22.9 Å². The minimum atomic E-state index is 0.653. The van der Waals surface area contributed by atoms with Gasteiger partial charge in [0.1, 0.15) is 12.1 Å². The number of halogens is 1. The van der Waals surface area contributed by atoms with E-state index in [1.165, 1.54) is 6.42 Å². The van der Waals surface area contributed by atoms with Gasteiger partial charge in [-0.15, -0.1) is 0 Å². The average molecular weight is 256 g/mol. The Morgan fingerprint density at radius 3 is 3.07 bits per heavy atom. The molecule has 1 aromatic heterocycles. The maximum Gasteiger partial charge on any atom is 0.131 e. The summed E-state index contributed by atoms with van der Waals surface area (Å²) in [5.74, 6) is 1.73. The van der Waals surface area contributed by atoms with E-state index in [-0.39, 0.29) is 0 Å². The van der Waals surface area contributed by atoms with E-state index in [2.05, 4.69) is 37.7 Å². The molecule has 1 fully saturated rings. The third-order valence-corrected chi connectivity index (χ3v) is 4.05. The second kappa shape index (κ2) is 4.26. The maximum atomic E-state index is 4.26. The second-order valence-electron chi connectivity index (χ2n) is 3.80. The highest BCUT2D eigenvalue weighted by Crippen LogP contribution is 2.25. The van der Waals surface area contributed by atoms with Crippen LogP contribution in [-0.4, -0.2) is 27.9 Å². The summed E-state index contributed by atoms with van der Waals surface area (Å²) in [7, 11) is 0. The maximum absolute atomic E-state index is 4.26. The smallest absolute Gasteiger partial charge is 0.131 e. The van der Waals surface area contributed by atoms with E-state index in [0.717, 1.165) is 18.9 Å². The fraction of sp³-hybridized carbons (Fsp3) is 0.600. The second-order valence-corrected chi connectivity index (χ2v) is 4.97. The minimum Gasteiger partial charge on any atom is -0.356 e. The third-order valence-electron chi connectivity index (χ3n) is 2.69. The third kappa shape index (κ3) is 2.05. The molecule has 0 aliphatic carbocycles. The Morgan fingerprint density at radius 2 is 2.43 bits per heavy atom. The van der Waals surface area contributed by atoms with Crippen molar-refractivity contribution >= 4 is 21.7 Å². The predicted molar refractivity (Wildman–Crippen MR) is 60.7 cm³/mol. The Morgan fingerprint density at radius 1 is 1.57 bits per heavy atom. The molecule has 0 aromatic carbocycles. The van der Waals surface area contributed by atoms with Crippen LogP contribution in [0.15, 0.2) is 18.6 Å². The van der Waals surface area contributed by atoms with Gasteiger partial charge in [-0.2, -0.15) is 0 Å². The zero-order valence-electron chi connectivity index (χ0n) is 8.23. The van der Waals surface area contributed by atoms with E-state index in [1.807, 2.05) is 6.07 Å². The SMILES string of the molecule is CC1CN(c2ccncn2)CCC1Br. The quantitative estimate of drug-likeness (QED) is 0.720. The summed E-state index contributed by atoms with van der Waals surface area (Å²) in [5.41, 5.74) is 0. The molecule has 1 saturated heterocycles. The number of hydrogen-bond donors (Lipinski definition) is 0. The summed E-state index contributed by atoms with van der Waals surface area (Å²) >= 11 is 3.69. The summed E-state index contributed by atoms with van der Waals surface area (Å²) in [6.07, 6.45) is 4.60. The first-order chi connectivity index (χ1) is 6.77. The van der Waals surface area contributed by atoms with Gasteiger partial charge in [0.2, 0.25) is 0 Å². The average Bonchev–Trinajstić information content (AvgIpc) is 2.23. The largest absolute Gasteiger partial charge is 0.356 e. The summed E-state index contributed by atoms with van der Waals surface area (Å²) < 4.78 is 0. The molecular weight excluding hydrogens is 242 g/mol. The van der Waals surface area contributed by atoms with Gasteiger partial charge in [0.25, 0.3) is 0 Å². The highest BCUT2D eigenvalue weighted by Gasteiger charge is 2.24. The number of nitrogens with zero attached hydrogens (tertiary/aromatic N) is 3. The molecule has 2 heterocycles. The predicted octanol–water partition coefficient (Wildman–Crippen LogP) is 2.09. The molecule has 2 unspecified atom stereocenters. The zero-order chi connectivity index (χ0) is 9.97. The lowest BCUT2D eigenvalue weighted by molar-refractivity contribution is 0.463. The van der Waals surface area contributed by atoms with Crippen molar-refractivity contribution in [2.75, 3.05) is 18.0 Å². The van der Waals surface area contributed by atoms with Crippen LogP contribution in [0.25, 0.3) is 0 Å². The van der Waals surface area contributed by atoms with Crippen LogP contribution < -0.4 is 4.90 Å². The Balaban J connectivity index is 2.07. The molecule has 4 heteroatoms. The molecule has 1 aliphatic rings. The lowest BCUT2D eigenvalue weighted by Gasteiger charge is -2.34. The standard InChI is InChI=1S/C10H14BrN3/c1-8-6-14(5-3-9(8)11)10-2-4-12-7-13-10/h2,4,7-9H,3,5-6H2,1H3. The molecule has 0 N–H and O–H groups in total. The Kier molecular flexibility index (Phi) is 3.01. The van der Waals surface area contributed by atoms with Crippen molar-refractivity contribution in [3.8, 4) is 0 Å². The molecule has 14 heavy (non-hydrogen) atoms. The zero-order valence-corrected chi connectivity index (χ0v) is 9.81. The normalized spacial score (nSPS) is 27.7. The Labute approximate surface area is 92.7 Å². The highest BCUT2D eigenvalue weighted by molar-refractivity contribution is 9.09. The number of hydrogen-bond acceptors (Lipinski definition) is 3. The van der Waals surface area contributed by atoms with Crippen molar-refractivity contribution in [3.63, 3.8) is 0 Å². The number of anilines is 1. The van der Waals surface area contributed by atoms with Gasteiger partial charge < -0.3 is 4.90 Å². The number of aromatic nitrogens is 2. The van der Waals surface area contributed by atoms with E-state index in [4.69, 9.17) is 0 Å². The monoisotopic (exact) mass is 255 g/mol. The van der Waals surface area contributed by atoms with Crippen LogP contribution in [0, 0.1) is 5.92 Å². The summed E-state index contributed by atoms with van der Waals surface area (Å²) in [6, 6.07) is 1.97. The molecule has 0 bridgehead atoms. The fourth-order valence-electron chi connectivity index (χ4n) is 1.80. The first kappa shape index (κ1) is 9.90. The van der Waals surface area contributed by atoms with E-state index < -0.39 is 0 Å². The van der Waals surface area contributed by atoms with Crippen LogP contribution in [-0.2, 0) is 0 Å². The highest BCUT2D eigenvalue weighted by atomic mass is 79.9. The molecule has 76 valence electrons. The van der Waals surface area contributed by atoms with E-state index in [0.29, 0.717) is 10.7 Å². The van der Waals surface area contributed by atoms with Crippen molar-refractivity contribution in [2.45, 2.75) is 18.2 Å². The summed E-state index contributed by atoms with van der Waals surface area (Å²) in [4.78, 5) is 11.2. The molecule has 3 nitrogen and oxygen atoms in total. The molecule has 0 saturated carbocycles. The number of rotatable bonds is 1. The summed E-state index contributed by atoms with van der Waals surface area (Å²) in [5, 5.41) is 0. The molecule has 1 aromatic rings. The van der Waals surface area contributed by atoms with Crippen LogP contribution >= 0.6 is 15.9 Å². The molecule has 0 spiro atoms. The van der Waals surface area contributed by atoms with Crippen LogP contribution in [0.5, 0.6) is 0 Å². The van der Waals surface area contributed by atoms with Gasteiger partial charge >= 0.3 is 0 Å². The van der Waals surface area contributed by atoms with Crippen LogP contribution in [0.1, 0.15) is 13.3 Å². The van der Waals surface area contributed by atoms with Gasteiger partial charge in [-0.25, -0.2) is 9.97 Å². The molecule has 0 radical (unpaired) electrons. The van der Waals surface area contributed by atoms with Crippen molar-refractivity contribution in [1.29, 1.82) is 0 Å². The van der Waals surface area contributed by atoms with Crippen molar-refractivity contribution in [3.05, 3.63) is 18.6 Å². The van der Waals surface area contributed by atoms with Crippen molar-refractivity contribution < 1.29 is 0 Å². The number of piperidine rings is 1. The number of alkyl halides is 1. The molecule has 1 aliphatic heterocycles. The Hall–Kier alpha value is -0.640. The lowest BCUT2D eigenvalue weighted by Crippen LogP contribution is -2.40. The topological polar surface area (TPSA) is 29.0 Å². The minimum absolute atomic E-state index is 0.653. The molecule has 2 rings (SSSR count). The fourth-order valence-corrected chi connectivity index (χ4v) is 2.17. The van der Waals surface area contributed by atoms with Gasteiger partial charge in [0.15, 0.2) is 0 Å². The molecular formula is C10H14BrN3. The van der Waals surface area contributed by atoms with E-state index >= 15 is 0 Å².